The van der Waals surface area contributed by atoms with Crippen LogP contribution in [0.2, 0.25) is 0 Å². The molecular weight excluding hydrogens is 244 g/mol. The summed E-state index contributed by atoms with van der Waals surface area (Å²) in [5.74, 6) is 0. The molecule has 1 rings (SSSR count). The second-order valence-electron chi connectivity index (χ2n) is 4.85. The molecule has 2 N–H and O–H groups in total. The van der Waals surface area contributed by atoms with E-state index in [0.29, 0.717) is 12.5 Å². The third-order valence-corrected chi connectivity index (χ3v) is 2.64. The molecule has 0 fully saturated rings. The van der Waals surface area contributed by atoms with Crippen LogP contribution in [0.25, 0.3) is 0 Å². The number of hydrogen-bond acceptors (Lipinski definition) is 5. The Bertz CT molecular complexity index is 328. The molecule has 0 unspecified atom stereocenters. The molecule has 0 aliphatic rings. The first-order valence-corrected chi connectivity index (χ1v) is 7.04. The maximum atomic E-state index is 8.73. The van der Waals surface area contributed by atoms with Gasteiger partial charge in [0.05, 0.1) is 11.8 Å². The molecular formula is C13H26N4O2. The number of nitrogens with one attached hydrogen (secondary N) is 1. The first-order valence-electron chi connectivity index (χ1n) is 7.04. The second-order valence-corrected chi connectivity index (χ2v) is 4.85. The van der Waals surface area contributed by atoms with Crippen molar-refractivity contribution in [2.75, 3.05) is 19.8 Å². The lowest BCUT2D eigenvalue weighted by atomic mass is 10.3. The summed E-state index contributed by atoms with van der Waals surface area (Å²) in [5.41, 5.74) is 0.941. The number of unbranched alkanes of at least 4 members (excludes halogenated alkanes) is 1. The fourth-order valence-electron chi connectivity index (χ4n) is 1.65. The molecule has 1 heterocycles. The van der Waals surface area contributed by atoms with E-state index in [2.05, 4.69) is 29.5 Å². The van der Waals surface area contributed by atoms with Gasteiger partial charge in [0.15, 0.2) is 0 Å². The summed E-state index contributed by atoms with van der Waals surface area (Å²) in [7, 11) is 0. The van der Waals surface area contributed by atoms with Crippen molar-refractivity contribution in [1.29, 1.82) is 0 Å². The average molecular weight is 270 g/mol. The van der Waals surface area contributed by atoms with Gasteiger partial charge in [0.2, 0.25) is 0 Å². The number of hydrogen-bond donors (Lipinski definition) is 2. The normalized spacial score (nSPS) is 11.4. The van der Waals surface area contributed by atoms with Crippen molar-refractivity contribution in [2.45, 2.75) is 52.3 Å². The summed E-state index contributed by atoms with van der Waals surface area (Å²) in [5, 5.41) is 20.1. The van der Waals surface area contributed by atoms with Crippen molar-refractivity contribution in [3.8, 4) is 0 Å². The Labute approximate surface area is 115 Å². The molecule has 19 heavy (non-hydrogen) atoms. The highest BCUT2D eigenvalue weighted by Crippen LogP contribution is 1.96. The van der Waals surface area contributed by atoms with Crippen molar-refractivity contribution < 1.29 is 9.84 Å². The number of ether oxygens (including phenoxy) is 1. The summed E-state index contributed by atoms with van der Waals surface area (Å²) in [6, 6.07) is 0. The van der Waals surface area contributed by atoms with E-state index in [1.165, 1.54) is 0 Å². The zero-order chi connectivity index (χ0) is 13.9. The largest absolute Gasteiger partial charge is 0.396 e. The molecule has 0 radical (unpaired) electrons. The van der Waals surface area contributed by atoms with Crippen LogP contribution in [-0.2, 0) is 17.8 Å². The number of aromatic nitrogens is 3. The predicted molar refractivity (Wildman–Crippen MR) is 73.8 cm³/mol. The van der Waals surface area contributed by atoms with Gasteiger partial charge in [-0.2, -0.15) is 0 Å². The molecule has 6 heteroatoms. The maximum absolute atomic E-state index is 8.73. The van der Waals surface area contributed by atoms with Crippen LogP contribution in [0.1, 0.15) is 38.8 Å². The SMILES string of the molecule is CC(C)OCCCCNCc1cn(CCCO)nn1. The monoisotopic (exact) mass is 270 g/mol. The maximum Gasteiger partial charge on any atom is 0.0964 e. The standard InChI is InChI=1S/C13H26N4O2/c1-12(2)19-9-4-3-6-14-10-13-11-17(16-15-13)7-5-8-18/h11-12,14,18H,3-10H2,1-2H3. The van der Waals surface area contributed by atoms with E-state index in [1.807, 2.05) is 6.20 Å². The topological polar surface area (TPSA) is 72.2 Å². The van der Waals surface area contributed by atoms with Crippen LogP contribution >= 0.6 is 0 Å². The minimum atomic E-state index is 0.186. The summed E-state index contributed by atoms with van der Waals surface area (Å²) in [4.78, 5) is 0. The Kier molecular flexibility index (Phi) is 8.36. The molecule has 6 nitrogen and oxygen atoms in total. The van der Waals surface area contributed by atoms with Gasteiger partial charge in [-0.3, -0.25) is 4.68 Å². The highest BCUT2D eigenvalue weighted by Gasteiger charge is 2.00. The van der Waals surface area contributed by atoms with Crippen LogP contribution in [-0.4, -0.2) is 46.0 Å². The van der Waals surface area contributed by atoms with E-state index in [1.54, 1.807) is 4.68 Å². The number of rotatable bonds is 11. The van der Waals surface area contributed by atoms with Crippen LogP contribution in [0.5, 0.6) is 0 Å². The summed E-state index contributed by atoms with van der Waals surface area (Å²) in [6.45, 7) is 7.55. The van der Waals surface area contributed by atoms with Gasteiger partial charge in [-0.1, -0.05) is 5.21 Å². The Morgan fingerprint density at radius 1 is 1.37 bits per heavy atom. The quantitative estimate of drug-likeness (QED) is 0.586. The Morgan fingerprint density at radius 3 is 2.95 bits per heavy atom. The van der Waals surface area contributed by atoms with Crippen molar-refractivity contribution in [2.24, 2.45) is 0 Å². The van der Waals surface area contributed by atoms with Crippen molar-refractivity contribution >= 4 is 0 Å². The van der Waals surface area contributed by atoms with Crippen molar-refractivity contribution in [3.63, 3.8) is 0 Å². The number of aliphatic hydroxyl groups excluding tert-OH is 1. The lowest BCUT2D eigenvalue weighted by molar-refractivity contribution is 0.0760. The zero-order valence-corrected chi connectivity index (χ0v) is 12.0. The molecule has 0 saturated carbocycles. The molecule has 0 spiro atoms. The van der Waals surface area contributed by atoms with E-state index in [4.69, 9.17) is 9.84 Å². The fourth-order valence-corrected chi connectivity index (χ4v) is 1.65. The molecule has 0 amide bonds. The first-order chi connectivity index (χ1) is 9.22. The van der Waals surface area contributed by atoms with E-state index >= 15 is 0 Å². The van der Waals surface area contributed by atoms with Crippen LogP contribution in [0.15, 0.2) is 6.20 Å². The summed E-state index contributed by atoms with van der Waals surface area (Å²) >= 11 is 0. The third-order valence-electron chi connectivity index (χ3n) is 2.64. The minimum Gasteiger partial charge on any atom is -0.396 e. The average Bonchev–Trinajstić information content (AvgIpc) is 2.83. The van der Waals surface area contributed by atoms with Gasteiger partial charge in [-0.25, -0.2) is 0 Å². The van der Waals surface area contributed by atoms with E-state index in [0.717, 1.165) is 44.8 Å². The lowest BCUT2D eigenvalue weighted by Gasteiger charge is -2.07. The summed E-state index contributed by atoms with van der Waals surface area (Å²) in [6.07, 6.45) is 5.14. The molecule has 1 aromatic rings. The van der Waals surface area contributed by atoms with Crippen LogP contribution in [0.3, 0.4) is 0 Å². The summed E-state index contributed by atoms with van der Waals surface area (Å²) < 4.78 is 7.24. The van der Waals surface area contributed by atoms with Crippen LogP contribution in [0.4, 0.5) is 0 Å². The molecule has 0 atom stereocenters. The molecule has 1 aromatic heterocycles. The Morgan fingerprint density at radius 2 is 2.21 bits per heavy atom. The number of aryl methyl sites for hydroxylation is 1. The molecule has 0 aliphatic carbocycles. The highest BCUT2D eigenvalue weighted by molar-refractivity contribution is 4.91. The van der Waals surface area contributed by atoms with Gasteiger partial charge < -0.3 is 15.2 Å². The van der Waals surface area contributed by atoms with Gasteiger partial charge in [0.25, 0.3) is 0 Å². The minimum absolute atomic E-state index is 0.186. The molecule has 0 saturated heterocycles. The van der Waals surface area contributed by atoms with E-state index in [-0.39, 0.29) is 6.61 Å². The molecule has 110 valence electrons. The van der Waals surface area contributed by atoms with Crippen LogP contribution < -0.4 is 5.32 Å². The molecule has 0 aliphatic heterocycles. The van der Waals surface area contributed by atoms with Gasteiger partial charge in [-0.05, 0) is 39.7 Å². The number of nitrogens with zero attached hydrogens (tertiary/aromatic N) is 3. The van der Waals surface area contributed by atoms with Gasteiger partial charge in [0, 0.05) is 32.5 Å². The Hall–Kier alpha value is -0.980. The fraction of sp³-hybridized carbons (Fsp3) is 0.846. The van der Waals surface area contributed by atoms with E-state index in [9.17, 15) is 0 Å². The van der Waals surface area contributed by atoms with Crippen molar-refractivity contribution in [1.82, 2.24) is 20.3 Å². The highest BCUT2D eigenvalue weighted by atomic mass is 16.5. The molecule has 0 bridgehead atoms. The van der Waals surface area contributed by atoms with Crippen LogP contribution in [0, 0.1) is 0 Å². The van der Waals surface area contributed by atoms with Gasteiger partial charge in [-0.15, -0.1) is 5.10 Å². The number of aliphatic hydroxyl groups is 1. The van der Waals surface area contributed by atoms with Gasteiger partial charge >= 0.3 is 0 Å². The molecule has 0 aromatic carbocycles. The van der Waals surface area contributed by atoms with Crippen molar-refractivity contribution in [3.05, 3.63) is 11.9 Å². The zero-order valence-electron chi connectivity index (χ0n) is 12.0. The third kappa shape index (κ3) is 7.92. The Balaban J connectivity index is 2.01. The van der Waals surface area contributed by atoms with Gasteiger partial charge in [0.1, 0.15) is 0 Å². The first kappa shape index (κ1) is 16.1. The predicted octanol–water partition coefficient (Wildman–Crippen LogP) is 0.955. The lowest BCUT2D eigenvalue weighted by Crippen LogP contribution is -2.16. The smallest absolute Gasteiger partial charge is 0.0964 e. The van der Waals surface area contributed by atoms with E-state index < -0.39 is 0 Å². The second kappa shape index (κ2) is 9.89.